The molecule has 2 aromatic carbocycles. The Morgan fingerprint density at radius 2 is 1.80 bits per heavy atom. The summed E-state index contributed by atoms with van der Waals surface area (Å²) in [7, 11) is -4.12. The molecule has 3 N–H and O–H groups in total. The van der Waals surface area contributed by atoms with E-state index in [0.29, 0.717) is 24.1 Å². The minimum atomic E-state index is -4.12. The van der Waals surface area contributed by atoms with Gasteiger partial charge in [0.1, 0.15) is 5.60 Å². The molecular weight excluding hydrogens is 583 g/mol. The van der Waals surface area contributed by atoms with Gasteiger partial charge in [-0.15, -0.1) is 0 Å². The molecule has 8 nitrogen and oxygen atoms in total. The summed E-state index contributed by atoms with van der Waals surface area (Å²) in [4.78, 5) is 28.8. The fraction of sp³-hybridized carbons (Fsp3) is 0.321. The highest BCUT2D eigenvalue weighted by molar-refractivity contribution is 7.92. The van der Waals surface area contributed by atoms with Crippen molar-refractivity contribution in [3.8, 4) is 0 Å². The van der Waals surface area contributed by atoms with E-state index in [1.807, 2.05) is 6.92 Å². The molecule has 2 aliphatic carbocycles. The Labute approximate surface area is 239 Å². The number of ether oxygens (including phenoxy) is 1. The fourth-order valence-electron chi connectivity index (χ4n) is 6.44. The second-order valence-corrected chi connectivity index (χ2v) is 13.1. The molecule has 2 amide bonds. The number of sulfone groups is 1. The molecular formula is C28H25ClF3N3O5S. The number of carbonyl (C=O) groups is 2. The van der Waals surface area contributed by atoms with Crippen LogP contribution in [0.4, 0.5) is 23.7 Å². The number of benzene rings is 2. The summed E-state index contributed by atoms with van der Waals surface area (Å²) in [5.41, 5.74) is 4.48. The van der Waals surface area contributed by atoms with E-state index in [2.05, 4.69) is 10.3 Å². The van der Waals surface area contributed by atoms with Crippen molar-refractivity contribution >= 4 is 39.1 Å². The van der Waals surface area contributed by atoms with Crippen LogP contribution < -0.4 is 11.1 Å². The molecule has 5 rings (SSSR count). The molecule has 2 fully saturated rings. The highest BCUT2D eigenvalue weighted by Gasteiger charge is 2.62. The Bertz CT molecular complexity index is 1620. The molecule has 5 atom stereocenters. The largest absolute Gasteiger partial charge is 0.438 e. The minimum absolute atomic E-state index is 0.0103. The number of rotatable bonds is 6. The highest BCUT2D eigenvalue weighted by atomic mass is 35.5. The van der Waals surface area contributed by atoms with E-state index in [1.54, 1.807) is 24.5 Å². The first-order chi connectivity index (χ1) is 19.3. The summed E-state index contributed by atoms with van der Waals surface area (Å²) < 4.78 is 74.2. The highest BCUT2D eigenvalue weighted by Crippen LogP contribution is 2.61. The van der Waals surface area contributed by atoms with Crippen molar-refractivity contribution in [2.45, 2.75) is 41.9 Å². The van der Waals surface area contributed by atoms with E-state index in [1.165, 1.54) is 12.1 Å². The number of nitrogens with two attached hydrogens (primary N) is 1. The third-order valence-corrected chi connectivity index (χ3v) is 10.8. The van der Waals surface area contributed by atoms with Crippen LogP contribution in [0.1, 0.15) is 42.1 Å². The third kappa shape index (κ3) is 5.03. The van der Waals surface area contributed by atoms with Gasteiger partial charge in [-0.05, 0) is 49.4 Å². The first-order valence-corrected chi connectivity index (χ1v) is 14.6. The minimum Gasteiger partial charge on any atom is -0.438 e. The summed E-state index contributed by atoms with van der Waals surface area (Å²) >= 11 is 6.32. The zero-order valence-electron chi connectivity index (χ0n) is 21.6. The van der Waals surface area contributed by atoms with Crippen LogP contribution in [0.5, 0.6) is 0 Å². The molecule has 2 aliphatic rings. The van der Waals surface area contributed by atoms with Crippen LogP contribution in [0.15, 0.2) is 59.8 Å². The SMILES string of the molecule is C[C@H]1CC2CC(S(=O)(=O)c3cc(C(=O)Nc4cc(F)c(F)c(F)c4)ccc3Cl)CC1[C@@]2(OC(N)=O)c1cccnc1. The summed E-state index contributed by atoms with van der Waals surface area (Å²) in [6, 6.07) is 8.29. The molecule has 41 heavy (non-hydrogen) atoms. The Morgan fingerprint density at radius 1 is 1.10 bits per heavy atom. The molecule has 3 unspecified atom stereocenters. The maximum Gasteiger partial charge on any atom is 0.405 e. The number of nitrogens with zero attached hydrogens (tertiary/aromatic N) is 1. The first kappa shape index (κ1) is 28.9. The maximum atomic E-state index is 14.0. The van der Waals surface area contributed by atoms with Gasteiger partial charge in [-0.25, -0.2) is 26.4 Å². The molecule has 1 aromatic heterocycles. The van der Waals surface area contributed by atoms with Gasteiger partial charge in [0.2, 0.25) is 0 Å². The molecule has 0 radical (unpaired) electrons. The van der Waals surface area contributed by atoms with Gasteiger partial charge in [0.25, 0.3) is 5.91 Å². The maximum absolute atomic E-state index is 14.0. The number of amides is 2. The van der Waals surface area contributed by atoms with Gasteiger partial charge in [0.15, 0.2) is 27.3 Å². The van der Waals surface area contributed by atoms with Gasteiger partial charge in [-0.2, -0.15) is 0 Å². The molecule has 0 aliphatic heterocycles. The number of pyridine rings is 1. The number of hydrogen-bond acceptors (Lipinski definition) is 6. The first-order valence-electron chi connectivity index (χ1n) is 12.7. The lowest BCUT2D eigenvalue weighted by Crippen LogP contribution is -2.50. The average molecular weight is 608 g/mol. The second-order valence-electron chi connectivity index (χ2n) is 10.5. The molecule has 216 valence electrons. The zero-order valence-corrected chi connectivity index (χ0v) is 23.2. The smallest absolute Gasteiger partial charge is 0.405 e. The van der Waals surface area contributed by atoms with Crippen molar-refractivity contribution in [1.82, 2.24) is 4.98 Å². The normalized spacial score (nSPS) is 25.5. The van der Waals surface area contributed by atoms with E-state index in [0.717, 1.165) is 6.07 Å². The number of fused-ring (bicyclic) bond motifs is 2. The molecule has 13 heteroatoms. The van der Waals surface area contributed by atoms with Crippen molar-refractivity contribution in [1.29, 1.82) is 0 Å². The van der Waals surface area contributed by atoms with Crippen molar-refractivity contribution < 1.29 is 35.9 Å². The lowest BCUT2D eigenvalue weighted by atomic mass is 9.69. The number of halogens is 4. The van der Waals surface area contributed by atoms with Gasteiger partial charge >= 0.3 is 6.09 Å². The van der Waals surface area contributed by atoms with Gasteiger partial charge < -0.3 is 15.8 Å². The van der Waals surface area contributed by atoms with Gasteiger partial charge in [0, 0.05) is 53.2 Å². The average Bonchev–Trinajstić information content (AvgIpc) is 3.04. The molecule has 2 bridgehead atoms. The van der Waals surface area contributed by atoms with Crippen molar-refractivity contribution in [3.63, 3.8) is 0 Å². The van der Waals surface area contributed by atoms with Gasteiger partial charge in [-0.1, -0.05) is 24.6 Å². The van der Waals surface area contributed by atoms with Crippen LogP contribution in [0.2, 0.25) is 5.02 Å². The van der Waals surface area contributed by atoms with Crippen LogP contribution in [0.3, 0.4) is 0 Å². The number of nitrogens with one attached hydrogen (secondary N) is 1. The van der Waals surface area contributed by atoms with E-state index in [-0.39, 0.29) is 45.8 Å². The Morgan fingerprint density at radius 3 is 2.41 bits per heavy atom. The summed E-state index contributed by atoms with van der Waals surface area (Å²) in [5.74, 6) is -6.36. The number of carbonyl (C=O) groups excluding carboxylic acids is 2. The van der Waals surface area contributed by atoms with Crippen LogP contribution >= 0.6 is 11.6 Å². The summed E-state index contributed by atoms with van der Waals surface area (Å²) in [6.07, 6.45) is 3.04. The predicted octanol–water partition coefficient (Wildman–Crippen LogP) is 5.60. The lowest BCUT2D eigenvalue weighted by Gasteiger charge is -2.45. The van der Waals surface area contributed by atoms with E-state index < -0.39 is 56.1 Å². The molecule has 3 aromatic rings. The van der Waals surface area contributed by atoms with Crippen LogP contribution in [0, 0.1) is 35.2 Å². The Hall–Kier alpha value is -3.64. The van der Waals surface area contributed by atoms with Crippen LogP contribution in [-0.4, -0.2) is 30.7 Å². The van der Waals surface area contributed by atoms with Crippen molar-refractivity contribution in [2.24, 2.45) is 23.5 Å². The van der Waals surface area contributed by atoms with E-state index in [9.17, 15) is 31.2 Å². The molecule has 0 saturated heterocycles. The number of hydrogen-bond donors (Lipinski definition) is 2. The number of aromatic nitrogens is 1. The Balaban J connectivity index is 1.46. The van der Waals surface area contributed by atoms with Gasteiger partial charge in [0.05, 0.1) is 15.2 Å². The number of anilines is 1. The van der Waals surface area contributed by atoms with Crippen molar-refractivity contribution in [2.75, 3.05) is 5.32 Å². The monoisotopic (exact) mass is 607 g/mol. The Kier molecular flexibility index (Phi) is 7.49. The van der Waals surface area contributed by atoms with E-state index in [4.69, 9.17) is 22.1 Å². The lowest BCUT2D eigenvalue weighted by molar-refractivity contribution is -0.0762. The standard InChI is InChI=1S/C28H25ClF3N3O5S/c1-14-7-17-9-19(12-20(14)28(17,40-27(33)37)16-3-2-6-34-13-16)41(38,39)24-8-15(4-5-21(24)29)26(36)35-18-10-22(30)25(32)23(31)11-18/h2-6,8,10-11,13-14,17,19-20H,7,9,12H2,1H3,(H2,33,37)(H,35,36)/t14-,17?,19?,20?,28+/m0/s1. The van der Waals surface area contributed by atoms with Gasteiger partial charge in [-0.3, -0.25) is 9.78 Å². The van der Waals surface area contributed by atoms with Crippen LogP contribution in [-0.2, 0) is 20.2 Å². The van der Waals surface area contributed by atoms with Crippen molar-refractivity contribution in [3.05, 3.63) is 88.5 Å². The van der Waals surface area contributed by atoms with Crippen LogP contribution in [0.25, 0.3) is 0 Å². The zero-order chi connectivity index (χ0) is 29.7. The second kappa shape index (κ2) is 10.6. The van der Waals surface area contributed by atoms with E-state index >= 15 is 0 Å². The fourth-order valence-corrected chi connectivity index (χ4v) is 8.82. The topological polar surface area (TPSA) is 128 Å². The quantitative estimate of drug-likeness (QED) is 0.351. The summed E-state index contributed by atoms with van der Waals surface area (Å²) in [6.45, 7) is 1.97. The predicted molar refractivity (Wildman–Crippen MR) is 143 cm³/mol. The summed E-state index contributed by atoms with van der Waals surface area (Å²) in [5, 5.41) is 1.20. The molecule has 2 saturated carbocycles. The number of primary amides is 1. The molecule has 1 heterocycles. The third-order valence-electron chi connectivity index (χ3n) is 8.13. The molecule has 0 spiro atoms.